The molecule has 0 radical (unpaired) electrons. The van der Waals surface area contributed by atoms with Gasteiger partial charge in [-0.05, 0) is 11.5 Å². The van der Waals surface area contributed by atoms with Gasteiger partial charge in [0.2, 0.25) is 5.79 Å². The highest BCUT2D eigenvalue weighted by Gasteiger charge is 2.61. The molecule has 0 aromatic heterocycles. The summed E-state index contributed by atoms with van der Waals surface area (Å²) in [5.41, 5.74) is 1.28. The van der Waals surface area contributed by atoms with Crippen LogP contribution in [0.5, 0.6) is 5.75 Å². The van der Waals surface area contributed by atoms with Crippen LogP contribution in [0.15, 0.2) is 66.7 Å². The van der Waals surface area contributed by atoms with Crippen LogP contribution in [0, 0.1) is 0 Å². The van der Waals surface area contributed by atoms with E-state index < -0.39 is 17.7 Å². The highest BCUT2D eigenvalue weighted by atomic mass is 16.7. The highest BCUT2D eigenvalue weighted by Crippen LogP contribution is 2.52. The molecule has 1 heterocycles. The molecule has 1 aliphatic heterocycles. The Morgan fingerprint density at radius 1 is 0.815 bits per heavy atom. The van der Waals surface area contributed by atoms with E-state index in [-0.39, 0.29) is 0 Å². The van der Waals surface area contributed by atoms with E-state index in [1.807, 2.05) is 66.7 Å². The van der Waals surface area contributed by atoms with E-state index in [1.54, 1.807) is 0 Å². The number of methoxy groups -OCH3 is 3. The largest absolute Gasteiger partial charge is 0.454 e. The first kappa shape index (κ1) is 17.9. The topological polar surface area (TPSA) is 57.2 Å². The summed E-state index contributed by atoms with van der Waals surface area (Å²) in [6.07, 6.45) is -1.28. The van der Waals surface area contributed by atoms with Crippen LogP contribution < -0.4 is 4.74 Å². The summed E-state index contributed by atoms with van der Waals surface area (Å²) in [5, 5.41) is 13.3. The summed E-state index contributed by atoms with van der Waals surface area (Å²) in [5.74, 6) is -2.39. The molecule has 5 nitrogen and oxygen atoms in total. The average Bonchev–Trinajstić information content (AvgIpc) is 2.74. The molecule has 2 atom stereocenters. The number of ether oxygens (including phenoxy) is 4. The zero-order valence-electron chi connectivity index (χ0n) is 15.5. The van der Waals surface area contributed by atoms with Gasteiger partial charge in [0.1, 0.15) is 5.75 Å². The minimum absolute atomic E-state index is 0.563. The summed E-state index contributed by atoms with van der Waals surface area (Å²) in [6.45, 7) is 0. The zero-order chi connectivity index (χ0) is 19.1. The molecule has 0 unspecified atom stereocenters. The lowest BCUT2D eigenvalue weighted by Gasteiger charge is -2.49. The summed E-state index contributed by atoms with van der Waals surface area (Å²) >= 11 is 0. The van der Waals surface area contributed by atoms with Crippen LogP contribution in [0.1, 0.15) is 11.1 Å². The first-order valence-corrected chi connectivity index (χ1v) is 8.73. The number of rotatable bonds is 4. The van der Waals surface area contributed by atoms with Gasteiger partial charge < -0.3 is 24.1 Å². The first-order chi connectivity index (χ1) is 13.1. The predicted molar refractivity (Wildman–Crippen MR) is 101 cm³/mol. The SMILES string of the molecule is COC1(OC)c2ccc3ccccc3c2O[C@](OC)(c2ccccc2)[C@H]1O. The molecule has 27 heavy (non-hydrogen) atoms. The fraction of sp³-hybridized carbons (Fsp3) is 0.273. The quantitative estimate of drug-likeness (QED) is 0.716. The van der Waals surface area contributed by atoms with E-state index >= 15 is 0 Å². The second-order valence-corrected chi connectivity index (χ2v) is 6.48. The van der Waals surface area contributed by atoms with Crippen LogP contribution in [0.25, 0.3) is 10.8 Å². The second kappa shape index (κ2) is 6.62. The third-order valence-electron chi connectivity index (χ3n) is 5.31. The molecule has 140 valence electrons. The Balaban J connectivity index is 2.06. The Bertz CT molecular complexity index is 951. The van der Waals surface area contributed by atoms with Crippen LogP contribution in [-0.4, -0.2) is 32.5 Å². The molecule has 1 aliphatic rings. The summed E-state index contributed by atoms with van der Waals surface area (Å²) in [6, 6.07) is 21.0. The van der Waals surface area contributed by atoms with Gasteiger partial charge in [-0.2, -0.15) is 0 Å². The lowest BCUT2D eigenvalue weighted by Crippen LogP contribution is -2.61. The van der Waals surface area contributed by atoms with E-state index in [2.05, 4.69) is 0 Å². The van der Waals surface area contributed by atoms with Crippen LogP contribution in [0.3, 0.4) is 0 Å². The molecule has 5 heteroatoms. The van der Waals surface area contributed by atoms with Crippen LogP contribution in [-0.2, 0) is 25.8 Å². The van der Waals surface area contributed by atoms with Crippen molar-refractivity contribution in [1.29, 1.82) is 0 Å². The van der Waals surface area contributed by atoms with Gasteiger partial charge in [0, 0.05) is 32.3 Å². The maximum atomic E-state index is 11.4. The number of benzene rings is 3. The fourth-order valence-electron chi connectivity index (χ4n) is 3.92. The van der Waals surface area contributed by atoms with Crippen molar-refractivity contribution >= 4 is 10.8 Å². The van der Waals surface area contributed by atoms with Gasteiger partial charge in [0.05, 0.1) is 5.56 Å². The molecule has 3 aromatic carbocycles. The number of aliphatic hydroxyl groups is 1. The Hall–Kier alpha value is -2.44. The summed E-state index contributed by atoms with van der Waals surface area (Å²) < 4.78 is 23.7. The van der Waals surface area contributed by atoms with Crippen molar-refractivity contribution in [3.8, 4) is 5.75 Å². The first-order valence-electron chi connectivity index (χ1n) is 8.73. The fourth-order valence-corrected chi connectivity index (χ4v) is 3.92. The smallest absolute Gasteiger partial charge is 0.269 e. The number of fused-ring (bicyclic) bond motifs is 3. The molecule has 4 rings (SSSR count). The van der Waals surface area contributed by atoms with Gasteiger partial charge >= 0.3 is 0 Å². The number of hydrogen-bond acceptors (Lipinski definition) is 5. The minimum Gasteiger partial charge on any atom is -0.454 e. The zero-order valence-corrected chi connectivity index (χ0v) is 15.5. The molecule has 0 saturated carbocycles. The van der Waals surface area contributed by atoms with Gasteiger partial charge in [0.25, 0.3) is 5.79 Å². The Labute approximate surface area is 158 Å². The van der Waals surface area contributed by atoms with E-state index in [0.29, 0.717) is 16.9 Å². The molecule has 0 saturated heterocycles. The Morgan fingerprint density at radius 3 is 2.15 bits per heavy atom. The van der Waals surface area contributed by atoms with E-state index in [9.17, 15) is 5.11 Å². The lowest BCUT2D eigenvalue weighted by molar-refractivity contribution is -0.362. The molecule has 0 amide bonds. The van der Waals surface area contributed by atoms with Gasteiger partial charge in [0.15, 0.2) is 6.10 Å². The van der Waals surface area contributed by atoms with Crippen LogP contribution in [0.2, 0.25) is 0 Å². The van der Waals surface area contributed by atoms with Crippen molar-refractivity contribution in [2.24, 2.45) is 0 Å². The Kier molecular flexibility index (Phi) is 4.40. The normalized spacial score (nSPS) is 23.6. The standard InChI is InChI=1S/C22H22O5/c1-24-21(16-10-5-4-6-11-16)20(23)22(25-2,26-3)18-14-13-15-9-7-8-12-17(15)19(18)27-21/h4-14,20,23H,1-3H3/t20-,21-/m1/s1. The van der Waals surface area contributed by atoms with Crippen molar-refractivity contribution < 1.29 is 24.1 Å². The highest BCUT2D eigenvalue weighted by molar-refractivity contribution is 5.90. The molecular weight excluding hydrogens is 344 g/mol. The molecule has 0 bridgehead atoms. The van der Waals surface area contributed by atoms with Gasteiger partial charge in [-0.25, -0.2) is 0 Å². The van der Waals surface area contributed by atoms with Crippen molar-refractivity contribution in [3.05, 3.63) is 77.9 Å². The second-order valence-electron chi connectivity index (χ2n) is 6.48. The van der Waals surface area contributed by atoms with E-state index in [4.69, 9.17) is 18.9 Å². The monoisotopic (exact) mass is 366 g/mol. The van der Waals surface area contributed by atoms with Gasteiger partial charge in [-0.1, -0.05) is 60.7 Å². The molecule has 1 N–H and O–H groups in total. The summed E-state index contributed by atoms with van der Waals surface area (Å²) in [4.78, 5) is 0. The van der Waals surface area contributed by atoms with Gasteiger partial charge in [-0.15, -0.1) is 0 Å². The summed E-state index contributed by atoms with van der Waals surface area (Å²) in [7, 11) is 4.51. The lowest BCUT2D eigenvalue weighted by atomic mass is 9.84. The van der Waals surface area contributed by atoms with Crippen LogP contribution >= 0.6 is 0 Å². The number of aliphatic hydroxyl groups excluding tert-OH is 1. The predicted octanol–water partition coefficient (Wildman–Crippen LogP) is 3.54. The maximum absolute atomic E-state index is 11.4. The third-order valence-corrected chi connectivity index (χ3v) is 5.31. The van der Waals surface area contributed by atoms with Crippen molar-refractivity contribution in [3.63, 3.8) is 0 Å². The third kappa shape index (κ3) is 2.40. The number of hydrogen-bond donors (Lipinski definition) is 1. The Morgan fingerprint density at radius 2 is 1.48 bits per heavy atom. The minimum atomic E-state index is -1.50. The molecule has 3 aromatic rings. The van der Waals surface area contributed by atoms with Crippen LogP contribution in [0.4, 0.5) is 0 Å². The average molecular weight is 366 g/mol. The molecule has 0 aliphatic carbocycles. The molecule has 0 spiro atoms. The molecule has 0 fully saturated rings. The van der Waals surface area contributed by atoms with Crippen molar-refractivity contribution in [2.75, 3.05) is 21.3 Å². The van der Waals surface area contributed by atoms with Gasteiger partial charge in [-0.3, -0.25) is 0 Å². The van der Waals surface area contributed by atoms with E-state index in [0.717, 1.165) is 10.8 Å². The van der Waals surface area contributed by atoms with E-state index in [1.165, 1.54) is 21.3 Å². The van der Waals surface area contributed by atoms with Crippen molar-refractivity contribution in [1.82, 2.24) is 0 Å². The molecular formula is C22H22O5. The van der Waals surface area contributed by atoms with Crippen molar-refractivity contribution in [2.45, 2.75) is 17.7 Å². The maximum Gasteiger partial charge on any atom is 0.269 e.